The predicted octanol–water partition coefficient (Wildman–Crippen LogP) is 2.63. The highest BCUT2D eigenvalue weighted by Crippen LogP contribution is 2.28. The van der Waals surface area contributed by atoms with Gasteiger partial charge in [0.05, 0.1) is 0 Å². The summed E-state index contributed by atoms with van der Waals surface area (Å²) in [6.07, 6.45) is 2.52. The van der Waals surface area contributed by atoms with E-state index in [1.54, 1.807) is 10.4 Å². The van der Waals surface area contributed by atoms with Crippen molar-refractivity contribution in [2.24, 2.45) is 0 Å². The van der Waals surface area contributed by atoms with E-state index in [0.29, 0.717) is 0 Å². The van der Waals surface area contributed by atoms with Crippen molar-refractivity contribution in [2.45, 2.75) is 39.8 Å². The summed E-state index contributed by atoms with van der Waals surface area (Å²) in [6, 6.07) is 0. The number of hydrogen-bond acceptors (Lipinski definition) is 3. The molecule has 1 N–H and O–H groups in total. The van der Waals surface area contributed by atoms with Gasteiger partial charge in [-0.05, 0) is 42.4 Å². The van der Waals surface area contributed by atoms with Gasteiger partial charge in [-0.1, -0.05) is 13.8 Å². The van der Waals surface area contributed by atoms with E-state index in [0.717, 1.165) is 13.1 Å². The van der Waals surface area contributed by atoms with Crippen molar-refractivity contribution < 1.29 is 0 Å². The molecule has 0 atom stereocenters. The van der Waals surface area contributed by atoms with Gasteiger partial charge in [-0.15, -0.1) is 11.3 Å². The van der Waals surface area contributed by atoms with Crippen LogP contribution in [0.1, 0.15) is 36.3 Å². The van der Waals surface area contributed by atoms with Crippen LogP contribution in [-0.2, 0) is 19.5 Å². The van der Waals surface area contributed by atoms with Gasteiger partial charge < -0.3 is 5.32 Å². The number of rotatable bonds is 5. The minimum Gasteiger partial charge on any atom is -0.313 e. The van der Waals surface area contributed by atoms with E-state index in [1.165, 1.54) is 38.0 Å². The number of fused-ring (bicyclic) bond motifs is 1. The van der Waals surface area contributed by atoms with Gasteiger partial charge in [0.2, 0.25) is 0 Å². The Kier molecular flexibility index (Phi) is 4.38. The second kappa shape index (κ2) is 5.80. The number of hydrogen-bond donors (Lipinski definition) is 1. The molecule has 0 amide bonds. The highest BCUT2D eigenvalue weighted by atomic mass is 32.1. The van der Waals surface area contributed by atoms with E-state index in [1.807, 2.05) is 11.3 Å². The molecule has 3 heteroatoms. The molecule has 0 fully saturated rings. The van der Waals surface area contributed by atoms with E-state index in [9.17, 15) is 0 Å². The molecule has 1 aliphatic rings. The van der Waals surface area contributed by atoms with E-state index < -0.39 is 0 Å². The van der Waals surface area contributed by atoms with Gasteiger partial charge >= 0.3 is 0 Å². The molecule has 1 aliphatic heterocycles. The molecule has 0 radical (unpaired) electrons. The molecule has 2 heterocycles. The molecule has 1 aromatic rings. The van der Waals surface area contributed by atoms with Crippen molar-refractivity contribution in [1.29, 1.82) is 0 Å². The summed E-state index contributed by atoms with van der Waals surface area (Å²) >= 11 is 1.95. The van der Waals surface area contributed by atoms with Gasteiger partial charge in [-0.2, -0.15) is 0 Å². The van der Waals surface area contributed by atoms with Crippen molar-refractivity contribution in [3.8, 4) is 0 Å². The maximum absolute atomic E-state index is 3.43. The Labute approximate surface area is 103 Å². The first-order valence-corrected chi connectivity index (χ1v) is 7.24. The third-order valence-electron chi connectivity index (χ3n) is 3.22. The maximum atomic E-state index is 3.43. The van der Waals surface area contributed by atoms with Gasteiger partial charge in [0, 0.05) is 24.5 Å². The number of thiophene rings is 1. The molecule has 0 spiro atoms. The molecule has 0 aliphatic carbocycles. The lowest BCUT2D eigenvalue weighted by molar-refractivity contribution is 0.257. The van der Waals surface area contributed by atoms with Gasteiger partial charge in [0.15, 0.2) is 0 Å². The van der Waals surface area contributed by atoms with Crippen LogP contribution in [-0.4, -0.2) is 24.5 Å². The van der Waals surface area contributed by atoms with Crippen LogP contribution in [0.2, 0.25) is 0 Å². The van der Waals surface area contributed by atoms with Crippen LogP contribution in [0, 0.1) is 0 Å². The van der Waals surface area contributed by atoms with Crippen molar-refractivity contribution in [3.05, 3.63) is 21.4 Å². The third-order valence-corrected chi connectivity index (χ3v) is 4.28. The van der Waals surface area contributed by atoms with Crippen LogP contribution in [0.4, 0.5) is 0 Å². The highest BCUT2D eigenvalue weighted by molar-refractivity contribution is 7.10. The topological polar surface area (TPSA) is 15.3 Å². The summed E-state index contributed by atoms with van der Waals surface area (Å²) in [7, 11) is 0. The Morgan fingerprint density at radius 1 is 1.44 bits per heavy atom. The summed E-state index contributed by atoms with van der Waals surface area (Å²) in [5.41, 5.74) is 3.18. The molecular weight excluding hydrogens is 216 g/mol. The fourth-order valence-corrected chi connectivity index (χ4v) is 3.51. The molecule has 0 unspecified atom stereocenters. The molecule has 2 rings (SSSR count). The summed E-state index contributed by atoms with van der Waals surface area (Å²) in [4.78, 5) is 4.18. The van der Waals surface area contributed by atoms with Crippen molar-refractivity contribution in [1.82, 2.24) is 10.2 Å². The Morgan fingerprint density at radius 2 is 2.31 bits per heavy atom. The molecule has 0 aromatic carbocycles. The zero-order valence-corrected chi connectivity index (χ0v) is 11.2. The maximum Gasteiger partial charge on any atom is 0.0330 e. The SMILES string of the molecule is CCCN1CCc2c(CNCC)csc2C1. The van der Waals surface area contributed by atoms with Gasteiger partial charge in [0.25, 0.3) is 0 Å². The summed E-state index contributed by atoms with van der Waals surface area (Å²) in [5, 5.41) is 5.78. The fraction of sp³-hybridized carbons (Fsp3) is 0.692. The minimum atomic E-state index is 1.05. The van der Waals surface area contributed by atoms with Crippen LogP contribution < -0.4 is 5.32 Å². The van der Waals surface area contributed by atoms with Crippen molar-refractivity contribution in [3.63, 3.8) is 0 Å². The molecule has 0 bridgehead atoms. The van der Waals surface area contributed by atoms with Crippen LogP contribution in [0.15, 0.2) is 5.38 Å². The average molecular weight is 238 g/mol. The van der Waals surface area contributed by atoms with Gasteiger partial charge in [-0.25, -0.2) is 0 Å². The van der Waals surface area contributed by atoms with Crippen molar-refractivity contribution in [2.75, 3.05) is 19.6 Å². The van der Waals surface area contributed by atoms with Crippen LogP contribution in [0.5, 0.6) is 0 Å². The monoisotopic (exact) mass is 238 g/mol. The van der Waals surface area contributed by atoms with Crippen LogP contribution >= 0.6 is 11.3 Å². The Morgan fingerprint density at radius 3 is 3.06 bits per heavy atom. The van der Waals surface area contributed by atoms with E-state index >= 15 is 0 Å². The summed E-state index contributed by atoms with van der Waals surface area (Å²) < 4.78 is 0. The van der Waals surface area contributed by atoms with Crippen LogP contribution in [0.25, 0.3) is 0 Å². The standard InChI is InChI=1S/C13H22N2S/c1-3-6-15-7-5-12-11(8-14-4-2)10-16-13(12)9-15/h10,14H,3-9H2,1-2H3. The molecule has 1 aromatic heterocycles. The molecule has 0 saturated carbocycles. The average Bonchev–Trinajstić information content (AvgIpc) is 2.69. The highest BCUT2D eigenvalue weighted by Gasteiger charge is 2.19. The van der Waals surface area contributed by atoms with E-state index in [2.05, 4.69) is 29.4 Å². The lowest BCUT2D eigenvalue weighted by Gasteiger charge is -2.26. The second-order valence-electron chi connectivity index (χ2n) is 4.47. The molecule has 0 saturated heterocycles. The molecular formula is C13H22N2S. The van der Waals surface area contributed by atoms with E-state index in [4.69, 9.17) is 0 Å². The Balaban J connectivity index is 2.02. The zero-order valence-electron chi connectivity index (χ0n) is 10.4. The third kappa shape index (κ3) is 2.65. The first-order valence-electron chi connectivity index (χ1n) is 6.36. The summed E-state index contributed by atoms with van der Waals surface area (Å²) in [5.74, 6) is 0. The lowest BCUT2D eigenvalue weighted by Crippen LogP contribution is -2.30. The lowest BCUT2D eigenvalue weighted by atomic mass is 10.0. The first-order chi connectivity index (χ1) is 7.85. The Hall–Kier alpha value is -0.380. The minimum absolute atomic E-state index is 1.05. The largest absolute Gasteiger partial charge is 0.313 e. The fourth-order valence-electron chi connectivity index (χ4n) is 2.36. The van der Waals surface area contributed by atoms with Gasteiger partial charge in [-0.3, -0.25) is 4.90 Å². The van der Waals surface area contributed by atoms with Gasteiger partial charge in [0.1, 0.15) is 0 Å². The summed E-state index contributed by atoms with van der Waals surface area (Å²) in [6.45, 7) is 10.2. The number of nitrogens with one attached hydrogen (secondary N) is 1. The quantitative estimate of drug-likeness (QED) is 0.848. The number of nitrogens with zero attached hydrogens (tertiary/aromatic N) is 1. The smallest absolute Gasteiger partial charge is 0.0330 e. The second-order valence-corrected chi connectivity index (χ2v) is 5.43. The van der Waals surface area contributed by atoms with E-state index in [-0.39, 0.29) is 0 Å². The normalized spacial score (nSPS) is 16.4. The molecule has 2 nitrogen and oxygen atoms in total. The molecule has 90 valence electrons. The van der Waals surface area contributed by atoms with Crippen molar-refractivity contribution >= 4 is 11.3 Å². The molecule has 16 heavy (non-hydrogen) atoms. The first kappa shape index (κ1) is 12.1. The Bertz CT molecular complexity index is 333. The zero-order chi connectivity index (χ0) is 11.4. The predicted molar refractivity (Wildman–Crippen MR) is 71.0 cm³/mol. The van der Waals surface area contributed by atoms with Crippen LogP contribution in [0.3, 0.4) is 0 Å².